The monoisotopic (exact) mass is 334 g/mol. The van der Waals surface area contributed by atoms with Crippen molar-refractivity contribution >= 4 is 22.1 Å². The summed E-state index contributed by atoms with van der Waals surface area (Å²) in [5, 5.41) is 14.1. The Labute approximate surface area is 126 Å². The summed E-state index contributed by atoms with van der Waals surface area (Å²) in [5.74, 6) is 0.477. The molecule has 20 heavy (non-hydrogen) atoms. The Morgan fingerprint density at radius 2 is 2.05 bits per heavy atom. The number of aromatic hydroxyl groups is 1. The molecule has 0 amide bonds. The molecule has 0 unspecified atom stereocenters. The first-order valence-electron chi connectivity index (χ1n) is 6.07. The third-order valence-corrected chi connectivity index (χ3v) is 3.17. The number of hydrazone groups is 1. The number of rotatable bonds is 5. The van der Waals surface area contributed by atoms with Gasteiger partial charge < -0.3 is 15.3 Å². The van der Waals surface area contributed by atoms with Gasteiger partial charge in [0.1, 0.15) is 0 Å². The zero-order chi connectivity index (χ0) is 14.4. The zero-order valence-electron chi connectivity index (χ0n) is 11.0. The van der Waals surface area contributed by atoms with Crippen molar-refractivity contribution in [1.29, 1.82) is 0 Å². The maximum Gasteiger partial charge on any atom is 0.166 e. The molecule has 0 aliphatic heterocycles. The van der Waals surface area contributed by atoms with E-state index in [1.165, 1.54) is 7.11 Å². The molecule has 2 aromatic carbocycles. The minimum absolute atomic E-state index is 0.0703. The first-order valence-corrected chi connectivity index (χ1v) is 6.86. The van der Waals surface area contributed by atoms with Crippen molar-refractivity contribution < 1.29 is 9.84 Å². The summed E-state index contributed by atoms with van der Waals surface area (Å²) in [5.41, 5.74) is 4.66. The molecule has 2 rings (SSSR count). The lowest BCUT2D eigenvalue weighted by Gasteiger charge is -2.07. The maximum absolute atomic E-state index is 9.96. The number of phenols is 1. The SMILES string of the molecule is COc1cc(Br)cc(C=NNCc2ccccc2)c1O. The Bertz CT molecular complexity index is 600. The predicted molar refractivity (Wildman–Crippen MR) is 83.2 cm³/mol. The number of halogens is 1. The van der Waals surface area contributed by atoms with Crippen LogP contribution < -0.4 is 10.2 Å². The van der Waals surface area contributed by atoms with E-state index in [4.69, 9.17) is 4.74 Å². The van der Waals surface area contributed by atoms with E-state index in [1.807, 2.05) is 30.3 Å². The van der Waals surface area contributed by atoms with Gasteiger partial charge in [-0.15, -0.1) is 0 Å². The standard InChI is InChI=1S/C15H15BrN2O2/c1-20-14-8-13(16)7-12(15(14)19)10-18-17-9-11-5-3-2-4-6-11/h2-8,10,17,19H,9H2,1H3. The average molecular weight is 335 g/mol. The van der Waals surface area contributed by atoms with Crippen molar-refractivity contribution in [2.45, 2.75) is 6.54 Å². The second-order valence-electron chi connectivity index (χ2n) is 4.12. The van der Waals surface area contributed by atoms with Gasteiger partial charge in [0, 0.05) is 10.0 Å². The molecule has 0 aliphatic rings. The van der Waals surface area contributed by atoms with Crippen molar-refractivity contribution in [2.75, 3.05) is 7.11 Å². The highest BCUT2D eigenvalue weighted by molar-refractivity contribution is 9.10. The van der Waals surface area contributed by atoms with Gasteiger partial charge in [-0.2, -0.15) is 5.10 Å². The molecule has 0 aliphatic carbocycles. The maximum atomic E-state index is 9.96. The van der Waals surface area contributed by atoms with Crippen LogP contribution in [0.1, 0.15) is 11.1 Å². The van der Waals surface area contributed by atoms with E-state index in [-0.39, 0.29) is 5.75 Å². The third-order valence-electron chi connectivity index (χ3n) is 2.71. The molecule has 104 valence electrons. The molecule has 0 spiro atoms. The Morgan fingerprint density at radius 1 is 1.30 bits per heavy atom. The summed E-state index contributed by atoms with van der Waals surface area (Å²) >= 11 is 3.36. The molecule has 0 heterocycles. The van der Waals surface area contributed by atoms with Crippen LogP contribution in [0.15, 0.2) is 52.0 Å². The number of phenolic OH excluding ortho intramolecular Hbond substituents is 1. The summed E-state index contributed by atoms with van der Waals surface area (Å²) in [7, 11) is 1.51. The lowest BCUT2D eigenvalue weighted by molar-refractivity contribution is 0.373. The average Bonchev–Trinajstić information content (AvgIpc) is 2.47. The van der Waals surface area contributed by atoms with Gasteiger partial charge in [0.25, 0.3) is 0 Å². The lowest BCUT2D eigenvalue weighted by Crippen LogP contribution is -2.05. The predicted octanol–water partition coefficient (Wildman–Crippen LogP) is 3.29. The van der Waals surface area contributed by atoms with Crippen LogP contribution in [0.25, 0.3) is 0 Å². The highest BCUT2D eigenvalue weighted by Crippen LogP contribution is 2.32. The topological polar surface area (TPSA) is 53.8 Å². The quantitative estimate of drug-likeness (QED) is 0.651. The Balaban J connectivity index is 2.03. The summed E-state index contributed by atoms with van der Waals surface area (Å²) < 4.78 is 5.90. The Morgan fingerprint density at radius 3 is 2.75 bits per heavy atom. The molecular formula is C15H15BrN2O2. The zero-order valence-corrected chi connectivity index (χ0v) is 12.6. The van der Waals surface area contributed by atoms with Gasteiger partial charge in [0.2, 0.25) is 0 Å². The molecule has 0 saturated carbocycles. The van der Waals surface area contributed by atoms with Gasteiger partial charge in [-0.3, -0.25) is 0 Å². The molecule has 5 heteroatoms. The minimum atomic E-state index is 0.0703. The van der Waals surface area contributed by atoms with Crippen LogP contribution in [0.3, 0.4) is 0 Å². The minimum Gasteiger partial charge on any atom is -0.504 e. The van der Waals surface area contributed by atoms with Crippen molar-refractivity contribution in [3.8, 4) is 11.5 Å². The van der Waals surface area contributed by atoms with Crippen LogP contribution >= 0.6 is 15.9 Å². The molecule has 0 radical (unpaired) electrons. The lowest BCUT2D eigenvalue weighted by atomic mass is 10.2. The normalized spacial score (nSPS) is 10.7. The Hall–Kier alpha value is -2.01. The van der Waals surface area contributed by atoms with Gasteiger partial charge in [0.05, 0.1) is 19.9 Å². The van der Waals surface area contributed by atoms with Crippen LogP contribution in [0.4, 0.5) is 0 Å². The van der Waals surface area contributed by atoms with Crippen molar-refractivity contribution in [1.82, 2.24) is 5.43 Å². The number of methoxy groups -OCH3 is 1. The van der Waals surface area contributed by atoms with Crippen LogP contribution in [0.5, 0.6) is 11.5 Å². The first-order chi connectivity index (χ1) is 9.70. The van der Waals surface area contributed by atoms with Crippen LogP contribution in [-0.4, -0.2) is 18.4 Å². The molecular weight excluding hydrogens is 320 g/mol. The van der Waals surface area contributed by atoms with Crippen LogP contribution in [0, 0.1) is 0 Å². The smallest absolute Gasteiger partial charge is 0.166 e. The number of hydrogen-bond acceptors (Lipinski definition) is 4. The summed E-state index contributed by atoms with van der Waals surface area (Å²) in [4.78, 5) is 0. The summed E-state index contributed by atoms with van der Waals surface area (Å²) in [6.07, 6.45) is 1.56. The van der Waals surface area contributed by atoms with Gasteiger partial charge in [-0.25, -0.2) is 0 Å². The largest absolute Gasteiger partial charge is 0.504 e. The molecule has 0 saturated heterocycles. The van der Waals surface area contributed by atoms with Gasteiger partial charge in [-0.05, 0) is 17.7 Å². The molecule has 2 N–H and O–H groups in total. The fourth-order valence-electron chi connectivity index (χ4n) is 1.70. The van der Waals surface area contributed by atoms with E-state index in [1.54, 1.807) is 18.3 Å². The molecule has 0 atom stereocenters. The summed E-state index contributed by atoms with van der Waals surface area (Å²) in [6, 6.07) is 13.4. The van der Waals surface area contributed by atoms with Gasteiger partial charge in [0.15, 0.2) is 11.5 Å². The van der Waals surface area contributed by atoms with E-state index in [9.17, 15) is 5.11 Å². The molecule has 0 aromatic heterocycles. The number of nitrogens with zero attached hydrogens (tertiary/aromatic N) is 1. The van der Waals surface area contributed by atoms with Crippen molar-refractivity contribution in [3.63, 3.8) is 0 Å². The fourth-order valence-corrected chi connectivity index (χ4v) is 2.15. The number of hydrogen-bond donors (Lipinski definition) is 2. The Kier molecular flexibility index (Phi) is 5.01. The molecule has 4 nitrogen and oxygen atoms in total. The van der Waals surface area contributed by atoms with Crippen LogP contribution in [0.2, 0.25) is 0 Å². The van der Waals surface area contributed by atoms with Gasteiger partial charge in [-0.1, -0.05) is 46.3 Å². The molecule has 2 aromatic rings. The van der Waals surface area contributed by atoms with Crippen molar-refractivity contribution in [3.05, 3.63) is 58.1 Å². The number of nitrogens with one attached hydrogen (secondary N) is 1. The summed E-state index contributed by atoms with van der Waals surface area (Å²) in [6.45, 7) is 0.628. The highest BCUT2D eigenvalue weighted by atomic mass is 79.9. The third kappa shape index (κ3) is 3.74. The van der Waals surface area contributed by atoms with E-state index in [0.29, 0.717) is 17.9 Å². The second-order valence-corrected chi connectivity index (χ2v) is 5.04. The van der Waals surface area contributed by atoms with E-state index in [0.717, 1.165) is 10.0 Å². The molecule has 0 bridgehead atoms. The first kappa shape index (κ1) is 14.4. The number of ether oxygens (including phenoxy) is 1. The van der Waals surface area contributed by atoms with E-state index in [2.05, 4.69) is 26.5 Å². The highest BCUT2D eigenvalue weighted by Gasteiger charge is 2.07. The van der Waals surface area contributed by atoms with E-state index >= 15 is 0 Å². The fraction of sp³-hybridized carbons (Fsp3) is 0.133. The van der Waals surface area contributed by atoms with Crippen molar-refractivity contribution in [2.24, 2.45) is 5.10 Å². The second kappa shape index (κ2) is 6.96. The number of benzene rings is 2. The van der Waals surface area contributed by atoms with Crippen LogP contribution in [-0.2, 0) is 6.54 Å². The van der Waals surface area contributed by atoms with Gasteiger partial charge >= 0.3 is 0 Å². The molecule has 0 fully saturated rings. The van der Waals surface area contributed by atoms with E-state index < -0.39 is 0 Å².